The summed E-state index contributed by atoms with van der Waals surface area (Å²) in [6, 6.07) is 1.63. The third-order valence-corrected chi connectivity index (χ3v) is 4.96. The van der Waals surface area contributed by atoms with Gasteiger partial charge >= 0.3 is 6.18 Å². The molecule has 2 aliphatic rings. The molecule has 2 fully saturated rings. The minimum atomic E-state index is -4.65. The molecule has 1 aromatic rings. The number of nitrogens with zero attached hydrogens (tertiary/aromatic N) is 2. The summed E-state index contributed by atoms with van der Waals surface area (Å²) in [6.07, 6.45) is -3.27. The van der Waals surface area contributed by atoms with E-state index in [1.54, 1.807) is 0 Å². The van der Waals surface area contributed by atoms with Crippen molar-refractivity contribution in [3.05, 3.63) is 24.0 Å². The Hall–Kier alpha value is -2.73. The van der Waals surface area contributed by atoms with Gasteiger partial charge in [0, 0.05) is 18.8 Å². The Kier molecular flexibility index (Phi) is 6.80. The van der Waals surface area contributed by atoms with Gasteiger partial charge in [-0.05, 0) is 37.0 Å². The lowest BCUT2D eigenvalue weighted by Crippen LogP contribution is -2.55. The molecule has 0 aromatic heterocycles. The molecule has 1 saturated carbocycles. The number of amides is 3. The summed E-state index contributed by atoms with van der Waals surface area (Å²) >= 11 is 0. The average molecular weight is 446 g/mol. The van der Waals surface area contributed by atoms with Crippen molar-refractivity contribution in [2.75, 3.05) is 43.1 Å². The zero-order valence-electron chi connectivity index (χ0n) is 16.5. The van der Waals surface area contributed by atoms with Gasteiger partial charge in [0.2, 0.25) is 5.91 Å². The van der Waals surface area contributed by atoms with Crippen molar-refractivity contribution in [2.45, 2.75) is 25.1 Å². The number of primary amides is 1. The standard InChI is InChI=1S/C19H22F4N4O4/c20-13-7-12(27-5-6-31-9-15(27)28)3-4-14(13)25-18(30)16(17(24)29)26(8-11-1-2-11)10-19(21,22)23/h3-4,7,11,16H,1-2,5-6,8-10H2,(H2,24,29)(H,25,30)/t16-/m1/s1. The van der Waals surface area contributed by atoms with Gasteiger partial charge in [0.05, 0.1) is 18.8 Å². The van der Waals surface area contributed by atoms with Gasteiger partial charge in [-0.15, -0.1) is 0 Å². The zero-order chi connectivity index (χ0) is 22.8. The maximum absolute atomic E-state index is 14.6. The SMILES string of the molecule is NC(=O)[C@H](C(=O)Nc1ccc(N2CCOCC2=O)cc1F)N(CC1CC1)CC(F)(F)F. The summed E-state index contributed by atoms with van der Waals surface area (Å²) in [7, 11) is 0. The van der Waals surface area contributed by atoms with E-state index in [-0.39, 0.29) is 49.5 Å². The Balaban J connectivity index is 1.76. The third-order valence-electron chi connectivity index (χ3n) is 4.96. The summed E-state index contributed by atoms with van der Waals surface area (Å²) in [6.45, 7) is -1.26. The number of alkyl halides is 3. The quantitative estimate of drug-likeness (QED) is 0.462. The molecule has 31 heavy (non-hydrogen) atoms. The van der Waals surface area contributed by atoms with E-state index in [1.165, 1.54) is 17.0 Å². The molecule has 0 bridgehead atoms. The smallest absolute Gasteiger partial charge is 0.370 e. The number of nitrogens with two attached hydrogens (primary N) is 1. The molecule has 0 spiro atoms. The zero-order valence-corrected chi connectivity index (χ0v) is 16.5. The molecule has 0 radical (unpaired) electrons. The van der Waals surface area contributed by atoms with Gasteiger partial charge in [-0.3, -0.25) is 19.3 Å². The molecule has 3 amide bonds. The first kappa shape index (κ1) is 22.9. The van der Waals surface area contributed by atoms with Crippen LogP contribution in [0.5, 0.6) is 0 Å². The van der Waals surface area contributed by atoms with Gasteiger partial charge in [0.15, 0.2) is 6.04 Å². The fraction of sp³-hybridized carbons (Fsp3) is 0.526. The number of benzene rings is 1. The summed E-state index contributed by atoms with van der Waals surface area (Å²) in [5.74, 6) is -3.76. The summed E-state index contributed by atoms with van der Waals surface area (Å²) in [5.41, 5.74) is 5.11. The maximum atomic E-state index is 14.6. The molecule has 1 saturated heterocycles. The topological polar surface area (TPSA) is 105 Å². The average Bonchev–Trinajstić information content (AvgIpc) is 3.46. The Bertz CT molecular complexity index is 860. The Labute approximate surface area is 175 Å². The van der Waals surface area contributed by atoms with Crippen LogP contribution >= 0.6 is 0 Å². The molecule has 1 heterocycles. The van der Waals surface area contributed by atoms with Crippen LogP contribution < -0.4 is 16.0 Å². The second-order valence-electron chi connectivity index (χ2n) is 7.54. The maximum Gasteiger partial charge on any atom is 0.401 e. The van der Waals surface area contributed by atoms with Gasteiger partial charge in [-0.25, -0.2) is 4.39 Å². The number of anilines is 2. The van der Waals surface area contributed by atoms with E-state index < -0.39 is 36.4 Å². The highest BCUT2D eigenvalue weighted by molar-refractivity contribution is 6.09. The number of carbonyl (C=O) groups excluding carboxylic acids is 3. The lowest BCUT2D eigenvalue weighted by molar-refractivity contribution is -0.157. The first-order valence-corrected chi connectivity index (χ1v) is 9.64. The van der Waals surface area contributed by atoms with Crippen molar-refractivity contribution in [3.63, 3.8) is 0 Å². The van der Waals surface area contributed by atoms with E-state index in [0.717, 1.165) is 6.07 Å². The molecule has 1 aliphatic carbocycles. The van der Waals surface area contributed by atoms with Crippen LogP contribution in [-0.2, 0) is 19.1 Å². The molecule has 3 N–H and O–H groups in total. The lowest BCUT2D eigenvalue weighted by Gasteiger charge is -2.29. The second kappa shape index (κ2) is 9.18. The number of halogens is 4. The van der Waals surface area contributed by atoms with Crippen LogP contribution in [-0.4, -0.2) is 67.7 Å². The molecule has 3 rings (SSSR count). The molecular weight excluding hydrogens is 424 g/mol. The van der Waals surface area contributed by atoms with Crippen molar-refractivity contribution < 1.29 is 36.7 Å². The largest absolute Gasteiger partial charge is 0.401 e. The van der Waals surface area contributed by atoms with Crippen LogP contribution in [0.3, 0.4) is 0 Å². The third kappa shape index (κ3) is 6.14. The van der Waals surface area contributed by atoms with Crippen LogP contribution in [0.2, 0.25) is 0 Å². The Morgan fingerprint density at radius 1 is 1.32 bits per heavy atom. The minimum Gasteiger partial charge on any atom is -0.370 e. The van der Waals surface area contributed by atoms with Crippen LogP contribution in [0.4, 0.5) is 28.9 Å². The minimum absolute atomic E-state index is 0.0564. The van der Waals surface area contributed by atoms with E-state index in [9.17, 15) is 31.9 Å². The summed E-state index contributed by atoms with van der Waals surface area (Å²) < 4.78 is 58.5. The molecule has 1 atom stereocenters. The van der Waals surface area contributed by atoms with Crippen molar-refractivity contribution >= 4 is 29.1 Å². The highest BCUT2D eigenvalue weighted by Gasteiger charge is 2.41. The number of hydrogen-bond donors (Lipinski definition) is 2. The van der Waals surface area contributed by atoms with Gasteiger partial charge in [-0.1, -0.05) is 0 Å². The molecule has 8 nitrogen and oxygen atoms in total. The predicted octanol–water partition coefficient (Wildman–Crippen LogP) is 1.26. The highest BCUT2D eigenvalue weighted by Crippen LogP contribution is 2.32. The Morgan fingerprint density at radius 2 is 2.03 bits per heavy atom. The van der Waals surface area contributed by atoms with E-state index in [2.05, 4.69) is 5.32 Å². The van der Waals surface area contributed by atoms with Crippen LogP contribution in [0.25, 0.3) is 0 Å². The number of hydrogen-bond acceptors (Lipinski definition) is 5. The first-order valence-electron chi connectivity index (χ1n) is 9.64. The van der Waals surface area contributed by atoms with Crippen LogP contribution in [0.1, 0.15) is 12.8 Å². The second-order valence-corrected chi connectivity index (χ2v) is 7.54. The fourth-order valence-corrected chi connectivity index (χ4v) is 3.36. The number of ether oxygens (including phenoxy) is 1. The van der Waals surface area contributed by atoms with Gasteiger partial charge in [0.1, 0.15) is 12.4 Å². The number of carbonyl (C=O) groups is 3. The van der Waals surface area contributed by atoms with Crippen molar-refractivity contribution in [1.82, 2.24) is 4.90 Å². The van der Waals surface area contributed by atoms with E-state index >= 15 is 0 Å². The fourth-order valence-electron chi connectivity index (χ4n) is 3.36. The summed E-state index contributed by atoms with van der Waals surface area (Å²) in [5, 5.41) is 2.14. The van der Waals surface area contributed by atoms with Crippen molar-refractivity contribution in [3.8, 4) is 0 Å². The van der Waals surface area contributed by atoms with Crippen molar-refractivity contribution in [2.24, 2.45) is 11.7 Å². The summed E-state index contributed by atoms with van der Waals surface area (Å²) in [4.78, 5) is 38.3. The number of rotatable bonds is 8. The molecule has 12 heteroatoms. The normalized spacial score (nSPS) is 18.2. The first-order chi connectivity index (χ1) is 14.5. The molecule has 1 aromatic carbocycles. The van der Waals surface area contributed by atoms with Crippen LogP contribution in [0, 0.1) is 11.7 Å². The van der Waals surface area contributed by atoms with Crippen LogP contribution in [0.15, 0.2) is 18.2 Å². The monoisotopic (exact) mass is 446 g/mol. The number of nitrogens with one attached hydrogen (secondary N) is 1. The molecule has 0 unspecified atom stereocenters. The van der Waals surface area contributed by atoms with Gasteiger partial charge in [0.25, 0.3) is 11.8 Å². The van der Waals surface area contributed by atoms with Gasteiger partial charge < -0.3 is 20.7 Å². The predicted molar refractivity (Wildman–Crippen MR) is 102 cm³/mol. The molecule has 1 aliphatic heterocycles. The Morgan fingerprint density at radius 3 is 2.58 bits per heavy atom. The van der Waals surface area contributed by atoms with E-state index in [0.29, 0.717) is 17.7 Å². The van der Waals surface area contributed by atoms with Crippen molar-refractivity contribution in [1.29, 1.82) is 0 Å². The lowest BCUT2D eigenvalue weighted by atomic mass is 10.1. The molecule has 170 valence electrons. The number of morpholine rings is 1. The van der Waals surface area contributed by atoms with E-state index in [4.69, 9.17) is 10.5 Å². The highest BCUT2D eigenvalue weighted by atomic mass is 19.4. The molecular formula is C19H22F4N4O4. The van der Waals surface area contributed by atoms with Gasteiger partial charge in [-0.2, -0.15) is 13.2 Å². The van der Waals surface area contributed by atoms with E-state index in [1.807, 2.05) is 0 Å².